The van der Waals surface area contributed by atoms with E-state index in [-0.39, 0.29) is 12.5 Å². The molecule has 0 N–H and O–H groups in total. The predicted molar refractivity (Wildman–Crippen MR) is 46.5 cm³/mol. The molecule has 13 heavy (non-hydrogen) atoms. The Bertz CT molecular complexity index is 214. The summed E-state index contributed by atoms with van der Waals surface area (Å²) in [6, 6.07) is 0. The molecule has 0 spiro atoms. The van der Waals surface area contributed by atoms with Crippen LogP contribution < -0.4 is 0 Å². The van der Waals surface area contributed by atoms with Gasteiger partial charge in [0.2, 0.25) is 0 Å². The van der Waals surface area contributed by atoms with Crippen LogP contribution in [0.25, 0.3) is 0 Å². The molecule has 76 valence electrons. The van der Waals surface area contributed by atoms with Gasteiger partial charge in [-0.15, -0.1) is 0 Å². The van der Waals surface area contributed by atoms with E-state index in [1.165, 1.54) is 6.26 Å². The van der Waals surface area contributed by atoms with Crippen molar-refractivity contribution in [3.05, 3.63) is 12.0 Å². The number of hydrogen-bond donors (Lipinski definition) is 0. The average molecular weight is 191 g/mol. The molecule has 0 unspecified atom stereocenters. The number of nitrogens with zero attached hydrogens (tertiary/aromatic N) is 1. The third-order valence-corrected chi connectivity index (χ3v) is 2.00. The molecule has 0 saturated heterocycles. The highest BCUT2D eigenvalue weighted by atomic mass is 19.3. The lowest BCUT2D eigenvalue weighted by Gasteiger charge is -2.25. The SMILES string of the molecule is CC(C)C1=COCC(F)(F)CN1C. The van der Waals surface area contributed by atoms with Crippen molar-refractivity contribution in [2.75, 3.05) is 20.2 Å². The Morgan fingerprint density at radius 3 is 2.69 bits per heavy atom. The second-order valence-corrected chi connectivity index (χ2v) is 3.72. The number of allylic oxidation sites excluding steroid dienone is 1. The van der Waals surface area contributed by atoms with E-state index in [0.29, 0.717) is 0 Å². The number of ether oxygens (including phenoxy) is 1. The molecular formula is C9H15F2NO. The summed E-state index contributed by atoms with van der Waals surface area (Å²) in [5.74, 6) is -2.54. The van der Waals surface area contributed by atoms with Crippen molar-refractivity contribution in [3.63, 3.8) is 0 Å². The fourth-order valence-corrected chi connectivity index (χ4v) is 1.40. The highest BCUT2D eigenvalue weighted by molar-refractivity contribution is 5.02. The van der Waals surface area contributed by atoms with Gasteiger partial charge in [-0.25, -0.2) is 8.78 Å². The minimum atomic E-state index is -2.75. The number of hydrogen-bond acceptors (Lipinski definition) is 2. The van der Waals surface area contributed by atoms with Gasteiger partial charge in [-0.1, -0.05) is 13.8 Å². The first-order valence-electron chi connectivity index (χ1n) is 4.33. The van der Waals surface area contributed by atoms with E-state index in [9.17, 15) is 8.78 Å². The topological polar surface area (TPSA) is 12.5 Å². The maximum absolute atomic E-state index is 13.0. The standard InChI is InChI=1S/C9H15F2NO/c1-7(2)8-4-13-6-9(10,11)5-12(8)3/h4,7H,5-6H2,1-3H3. The Labute approximate surface area is 77.2 Å². The lowest BCUT2D eigenvalue weighted by atomic mass is 10.1. The molecule has 0 atom stereocenters. The van der Waals surface area contributed by atoms with Gasteiger partial charge in [-0.2, -0.15) is 0 Å². The average Bonchev–Trinajstić information content (AvgIpc) is 2.06. The van der Waals surface area contributed by atoms with E-state index in [2.05, 4.69) is 0 Å². The summed E-state index contributed by atoms with van der Waals surface area (Å²) < 4.78 is 30.7. The van der Waals surface area contributed by atoms with Crippen LogP contribution >= 0.6 is 0 Å². The van der Waals surface area contributed by atoms with Crippen LogP contribution in [0.4, 0.5) is 8.78 Å². The molecule has 2 nitrogen and oxygen atoms in total. The van der Waals surface area contributed by atoms with Crippen molar-refractivity contribution < 1.29 is 13.5 Å². The molecule has 0 aromatic heterocycles. The van der Waals surface area contributed by atoms with Crippen molar-refractivity contribution in [2.24, 2.45) is 5.92 Å². The van der Waals surface area contributed by atoms with Crippen LogP contribution in [0.2, 0.25) is 0 Å². The zero-order valence-corrected chi connectivity index (χ0v) is 8.18. The number of rotatable bonds is 1. The Hall–Kier alpha value is -0.800. The van der Waals surface area contributed by atoms with Gasteiger partial charge in [0.15, 0.2) is 6.61 Å². The first kappa shape index (κ1) is 10.3. The molecule has 0 aliphatic carbocycles. The zero-order chi connectivity index (χ0) is 10.1. The van der Waals surface area contributed by atoms with Crippen molar-refractivity contribution in [3.8, 4) is 0 Å². The van der Waals surface area contributed by atoms with E-state index in [4.69, 9.17) is 4.74 Å². The van der Waals surface area contributed by atoms with Crippen LogP contribution in [0.5, 0.6) is 0 Å². The maximum Gasteiger partial charge on any atom is 0.298 e. The van der Waals surface area contributed by atoms with Crippen LogP contribution in [0.1, 0.15) is 13.8 Å². The summed E-state index contributed by atoms with van der Waals surface area (Å²) in [4.78, 5) is 1.55. The number of alkyl halides is 2. The number of halogens is 2. The molecular weight excluding hydrogens is 176 g/mol. The van der Waals surface area contributed by atoms with Gasteiger partial charge >= 0.3 is 0 Å². The van der Waals surface area contributed by atoms with Gasteiger partial charge in [0.1, 0.15) is 6.26 Å². The fourth-order valence-electron chi connectivity index (χ4n) is 1.40. The van der Waals surface area contributed by atoms with E-state index in [1.807, 2.05) is 13.8 Å². The summed E-state index contributed by atoms with van der Waals surface area (Å²) in [6.45, 7) is 3.12. The van der Waals surface area contributed by atoms with Crippen LogP contribution in [-0.4, -0.2) is 31.0 Å². The third kappa shape index (κ3) is 2.57. The van der Waals surface area contributed by atoms with E-state index in [1.54, 1.807) is 11.9 Å². The summed E-state index contributed by atoms with van der Waals surface area (Å²) in [5, 5.41) is 0. The molecule has 0 aromatic rings. The molecule has 1 aliphatic heterocycles. The molecule has 0 aromatic carbocycles. The summed E-state index contributed by atoms with van der Waals surface area (Å²) in [6.07, 6.45) is 1.44. The molecule has 1 rings (SSSR count). The van der Waals surface area contributed by atoms with Crippen molar-refractivity contribution in [2.45, 2.75) is 19.8 Å². The smallest absolute Gasteiger partial charge is 0.298 e. The Balaban J connectivity index is 2.74. The lowest BCUT2D eigenvalue weighted by molar-refractivity contribution is -0.0588. The second-order valence-electron chi connectivity index (χ2n) is 3.72. The van der Waals surface area contributed by atoms with Gasteiger partial charge in [-0.05, 0) is 5.92 Å². The first-order chi connectivity index (χ1) is 5.92. The molecule has 0 radical (unpaired) electrons. The highest BCUT2D eigenvalue weighted by Crippen LogP contribution is 2.24. The Morgan fingerprint density at radius 2 is 2.15 bits per heavy atom. The summed E-state index contributed by atoms with van der Waals surface area (Å²) in [5.41, 5.74) is 0.817. The highest BCUT2D eigenvalue weighted by Gasteiger charge is 2.34. The summed E-state index contributed by atoms with van der Waals surface area (Å²) in [7, 11) is 1.66. The van der Waals surface area contributed by atoms with Crippen LogP contribution in [0.15, 0.2) is 12.0 Å². The molecule has 0 saturated carbocycles. The van der Waals surface area contributed by atoms with Crippen LogP contribution in [0, 0.1) is 5.92 Å². The molecule has 4 heteroatoms. The predicted octanol–water partition coefficient (Wildman–Crippen LogP) is 2.08. The van der Waals surface area contributed by atoms with Gasteiger partial charge in [-0.3, -0.25) is 0 Å². The van der Waals surface area contributed by atoms with Crippen LogP contribution in [-0.2, 0) is 4.74 Å². The van der Waals surface area contributed by atoms with Crippen LogP contribution in [0.3, 0.4) is 0 Å². The van der Waals surface area contributed by atoms with E-state index < -0.39 is 12.5 Å². The van der Waals surface area contributed by atoms with E-state index >= 15 is 0 Å². The maximum atomic E-state index is 13.0. The lowest BCUT2D eigenvalue weighted by Crippen LogP contribution is -2.35. The monoisotopic (exact) mass is 191 g/mol. The van der Waals surface area contributed by atoms with Gasteiger partial charge in [0.05, 0.1) is 12.2 Å². The molecule has 0 bridgehead atoms. The minimum absolute atomic E-state index is 0.207. The van der Waals surface area contributed by atoms with Gasteiger partial charge in [0, 0.05) is 7.05 Å². The van der Waals surface area contributed by atoms with Gasteiger partial charge in [0.25, 0.3) is 5.92 Å². The normalized spacial score (nSPS) is 22.3. The van der Waals surface area contributed by atoms with Crippen molar-refractivity contribution >= 4 is 0 Å². The van der Waals surface area contributed by atoms with Crippen molar-refractivity contribution in [1.29, 1.82) is 0 Å². The first-order valence-corrected chi connectivity index (χ1v) is 4.33. The molecule has 0 fully saturated rings. The molecule has 1 aliphatic rings. The molecule has 0 amide bonds. The molecule has 1 heterocycles. The fraction of sp³-hybridized carbons (Fsp3) is 0.778. The Morgan fingerprint density at radius 1 is 1.54 bits per heavy atom. The second kappa shape index (κ2) is 3.52. The zero-order valence-electron chi connectivity index (χ0n) is 8.18. The third-order valence-electron chi connectivity index (χ3n) is 2.00. The minimum Gasteiger partial charge on any atom is -0.493 e. The quantitative estimate of drug-likeness (QED) is 0.629. The summed E-state index contributed by atoms with van der Waals surface area (Å²) >= 11 is 0. The largest absolute Gasteiger partial charge is 0.493 e. The van der Waals surface area contributed by atoms with E-state index in [0.717, 1.165) is 5.70 Å². The van der Waals surface area contributed by atoms with Crippen molar-refractivity contribution in [1.82, 2.24) is 4.90 Å². The van der Waals surface area contributed by atoms with Gasteiger partial charge < -0.3 is 9.64 Å². The Kier molecular flexibility index (Phi) is 2.78.